The number of phenolic OH excluding ortho intramolecular Hbond substituents is 2. The van der Waals surface area contributed by atoms with Crippen molar-refractivity contribution in [3.63, 3.8) is 0 Å². The summed E-state index contributed by atoms with van der Waals surface area (Å²) in [6.07, 6.45) is 5.55. The Hall–Kier alpha value is -1.48. The lowest BCUT2D eigenvalue weighted by Crippen LogP contribution is -2.35. The highest BCUT2D eigenvalue weighted by Crippen LogP contribution is 2.50. The van der Waals surface area contributed by atoms with Gasteiger partial charge in [0.2, 0.25) is 0 Å². The van der Waals surface area contributed by atoms with E-state index in [2.05, 4.69) is 41.1 Å². The highest BCUT2D eigenvalue weighted by molar-refractivity contribution is 9.09. The molecule has 0 saturated heterocycles. The molecule has 24 heavy (non-hydrogen) atoms. The van der Waals surface area contributed by atoms with Crippen LogP contribution in [-0.4, -0.2) is 15.5 Å². The summed E-state index contributed by atoms with van der Waals surface area (Å²) in [5.74, 6) is 1.12. The Morgan fingerprint density at radius 1 is 1.04 bits per heavy atom. The fourth-order valence-corrected chi connectivity index (χ4v) is 4.56. The zero-order valence-corrected chi connectivity index (χ0v) is 15.7. The molecule has 2 aromatic rings. The molecule has 128 valence electrons. The second kappa shape index (κ2) is 7.18. The summed E-state index contributed by atoms with van der Waals surface area (Å²) < 4.78 is 0. The minimum absolute atomic E-state index is 0.0595. The van der Waals surface area contributed by atoms with Crippen molar-refractivity contribution in [1.29, 1.82) is 0 Å². The van der Waals surface area contributed by atoms with Gasteiger partial charge in [0.05, 0.1) is 0 Å². The summed E-state index contributed by atoms with van der Waals surface area (Å²) in [5.41, 5.74) is 4.02. The third kappa shape index (κ3) is 3.32. The molecule has 3 heteroatoms. The molecule has 2 aromatic carbocycles. The first-order valence-electron chi connectivity index (χ1n) is 8.72. The van der Waals surface area contributed by atoms with Crippen LogP contribution in [0.5, 0.6) is 11.5 Å². The van der Waals surface area contributed by atoms with Gasteiger partial charge in [-0.05, 0) is 78.0 Å². The zero-order valence-electron chi connectivity index (χ0n) is 14.1. The number of benzene rings is 2. The smallest absolute Gasteiger partial charge is 0.115 e. The average Bonchev–Trinajstić information content (AvgIpc) is 2.57. The molecule has 0 saturated carbocycles. The van der Waals surface area contributed by atoms with E-state index in [0.29, 0.717) is 17.4 Å². The summed E-state index contributed by atoms with van der Waals surface area (Å²) in [6.45, 7) is 2.36. The van der Waals surface area contributed by atoms with E-state index < -0.39 is 0 Å². The molecule has 0 amide bonds. The summed E-state index contributed by atoms with van der Waals surface area (Å²) in [4.78, 5) is 0. The van der Waals surface area contributed by atoms with E-state index in [9.17, 15) is 10.2 Å². The van der Waals surface area contributed by atoms with Crippen LogP contribution in [-0.2, 0) is 11.8 Å². The average molecular weight is 389 g/mol. The van der Waals surface area contributed by atoms with Crippen molar-refractivity contribution < 1.29 is 10.2 Å². The monoisotopic (exact) mass is 388 g/mol. The molecular formula is C21H25BrO2. The number of halogens is 1. The van der Waals surface area contributed by atoms with Crippen molar-refractivity contribution in [3.8, 4) is 11.5 Å². The van der Waals surface area contributed by atoms with Crippen molar-refractivity contribution in [2.75, 3.05) is 5.33 Å². The van der Waals surface area contributed by atoms with Gasteiger partial charge in [0.15, 0.2) is 0 Å². The first kappa shape index (κ1) is 17.3. The van der Waals surface area contributed by atoms with Crippen LogP contribution in [0.3, 0.4) is 0 Å². The van der Waals surface area contributed by atoms with E-state index in [4.69, 9.17) is 0 Å². The standard InChI is InChI=1S/C21H25BrO2/c1-21(16-5-7-17(23)8-6-16)12-11-15-14-18(24)9-10-19(15)20(21)4-2-3-13-22/h5-10,14,20,23-24H,2-4,11-13H2,1H3. The molecule has 2 nitrogen and oxygen atoms in total. The zero-order chi connectivity index (χ0) is 17.2. The Kier molecular flexibility index (Phi) is 5.19. The molecule has 3 rings (SSSR count). The molecule has 0 aromatic heterocycles. The van der Waals surface area contributed by atoms with E-state index in [0.717, 1.165) is 24.6 Å². The van der Waals surface area contributed by atoms with Crippen LogP contribution in [0.25, 0.3) is 0 Å². The lowest BCUT2D eigenvalue weighted by atomic mass is 9.60. The molecule has 1 aliphatic rings. The van der Waals surface area contributed by atoms with Gasteiger partial charge in [0.25, 0.3) is 0 Å². The first-order valence-corrected chi connectivity index (χ1v) is 9.84. The summed E-state index contributed by atoms with van der Waals surface area (Å²) in [5, 5.41) is 20.5. The summed E-state index contributed by atoms with van der Waals surface area (Å²) >= 11 is 3.54. The van der Waals surface area contributed by atoms with Gasteiger partial charge in [-0.1, -0.05) is 47.5 Å². The molecule has 0 spiro atoms. The molecule has 2 atom stereocenters. The third-order valence-electron chi connectivity index (χ3n) is 5.59. The van der Waals surface area contributed by atoms with Crippen LogP contribution in [0.1, 0.15) is 55.2 Å². The molecular weight excluding hydrogens is 364 g/mol. The van der Waals surface area contributed by atoms with Crippen molar-refractivity contribution in [2.45, 2.75) is 50.4 Å². The molecule has 0 fully saturated rings. The van der Waals surface area contributed by atoms with Gasteiger partial charge >= 0.3 is 0 Å². The molecule has 1 aliphatic carbocycles. The van der Waals surface area contributed by atoms with Crippen LogP contribution < -0.4 is 0 Å². The van der Waals surface area contributed by atoms with Gasteiger partial charge in [-0.3, -0.25) is 0 Å². The number of hydrogen-bond acceptors (Lipinski definition) is 2. The Morgan fingerprint density at radius 2 is 1.75 bits per heavy atom. The number of fused-ring (bicyclic) bond motifs is 1. The Labute approximate surface area is 152 Å². The minimum atomic E-state index is 0.0595. The lowest BCUT2D eigenvalue weighted by molar-refractivity contribution is 0.306. The highest BCUT2D eigenvalue weighted by atomic mass is 79.9. The number of alkyl halides is 1. The van der Waals surface area contributed by atoms with Gasteiger partial charge in [-0.15, -0.1) is 0 Å². The van der Waals surface area contributed by atoms with Crippen molar-refractivity contribution in [2.24, 2.45) is 0 Å². The van der Waals surface area contributed by atoms with E-state index in [-0.39, 0.29) is 5.41 Å². The Morgan fingerprint density at radius 3 is 2.46 bits per heavy atom. The van der Waals surface area contributed by atoms with Crippen LogP contribution in [0.2, 0.25) is 0 Å². The van der Waals surface area contributed by atoms with Gasteiger partial charge in [0, 0.05) is 5.33 Å². The maximum Gasteiger partial charge on any atom is 0.115 e. The first-order chi connectivity index (χ1) is 11.5. The van der Waals surface area contributed by atoms with E-state index >= 15 is 0 Å². The van der Waals surface area contributed by atoms with Crippen molar-refractivity contribution in [1.82, 2.24) is 0 Å². The van der Waals surface area contributed by atoms with Crippen molar-refractivity contribution in [3.05, 3.63) is 59.2 Å². The lowest BCUT2D eigenvalue weighted by Gasteiger charge is -2.43. The number of unbranched alkanes of at least 4 members (excludes halogenated alkanes) is 1. The van der Waals surface area contributed by atoms with Gasteiger partial charge in [-0.25, -0.2) is 0 Å². The quantitative estimate of drug-likeness (QED) is 0.512. The number of aryl methyl sites for hydroxylation is 1. The van der Waals surface area contributed by atoms with E-state index in [1.54, 1.807) is 12.1 Å². The molecule has 2 N–H and O–H groups in total. The molecule has 0 radical (unpaired) electrons. The largest absolute Gasteiger partial charge is 0.508 e. The van der Waals surface area contributed by atoms with E-state index in [1.807, 2.05) is 12.1 Å². The molecule has 0 heterocycles. The number of aromatic hydroxyl groups is 2. The predicted octanol–water partition coefficient (Wildman–Crippen LogP) is 5.65. The molecule has 0 bridgehead atoms. The van der Waals surface area contributed by atoms with Crippen LogP contribution in [0.15, 0.2) is 42.5 Å². The fraction of sp³-hybridized carbons (Fsp3) is 0.429. The summed E-state index contributed by atoms with van der Waals surface area (Å²) in [7, 11) is 0. The number of hydrogen-bond donors (Lipinski definition) is 2. The maximum absolute atomic E-state index is 9.83. The number of phenols is 2. The van der Waals surface area contributed by atoms with Gasteiger partial charge < -0.3 is 10.2 Å². The Balaban J connectivity index is 2.00. The minimum Gasteiger partial charge on any atom is -0.508 e. The van der Waals surface area contributed by atoms with E-state index in [1.165, 1.54) is 29.5 Å². The van der Waals surface area contributed by atoms with Gasteiger partial charge in [-0.2, -0.15) is 0 Å². The normalized spacial score (nSPS) is 23.0. The molecule has 2 unspecified atom stereocenters. The maximum atomic E-state index is 9.83. The summed E-state index contributed by atoms with van der Waals surface area (Å²) in [6, 6.07) is 13.6. The highest BCUT2D eigenvalue weighted by Gasteiger charge is 2.40. The fourth-order valence-electron chi connectivity index (χ4n) is 4.17. The predicted molar refractivity (Wildman–Crippen MR) is 102 cm³/mol. The molecule has 0 aliphatic heterocycles. The van der Waals surface area contributed by atoms with Crippen LogP contribution in [0.4, 0.5) is 0 Å². The SMILES string of the molecule is CC1(c2ccc(O)cc2)CCc2cc(O)ccc2C1CCCCBr. The number of rotatable bonds is 5. The second-order valence-electron chi connectivity index (χ2n) is 7.08. The third-order valence-corrected chi connectivity index (χ3v) is 6.15. The Bertz CT molecular complexity index is 695. The van der Waals surface area contributed by atoms with Gasteiger partial charge in [0.1, 0.15) is 11.5 Å². The topological polar surface area (TPSA) is 40.5 Å². The van der Waals surface area contributed by atoms with Crippen LogP contribution >= 0.6 is 15.9 Å². The van der Waals surface area contributed by atoms with Crippen LogP contribution in [0, 0.1) is 0 Å². The van der Waals surface area contributed by atoms with Crippen molar-refractivity contribution >= 4 is 15.9 Å². The second-order valence-corrected chi connectivity index (χ2v) is 7.88.